The van der Waals surface area contributed by atoms with E-state index in [2.05, 4.69) is 51.0 Å². The van der Waals surface area contributed by atoms with E-state index < -0.39 is 8.32 Å². The Morgan fingerprint density at radius 2 is 1.76 bits per heavy atom. The summed E-state index contributed by atoms with van der Waals surface area (Å²) in [5, 5.41) is 8.47. The molecule has 2 rings (SSSR count). The molecule has 21 heavy (non-hydrogen) atoms. The first-order valence-corrected chi connectivity index (χ1v) is 11.1. The van der Waals surface area contributed by atoms with Gasteiger partial charge in [-0.1, -0.05) is 41.5 Å². The van der Waals surface area contributed by atoms with Gasteiger partial charge < -0.3 is 8.84 Å². The quantitative estimate of drug-likeness (QED) is 0.723. The first kappa shape index (κ1) is 18.4. The van der Waals surface area contributed by atoms with Crippen molar-refractivity contribution < 1.29 is 8.84 Å². The Balaban J connectivity index is 0.00000106. The number of hydrogen-bond acceptors (Lipinski definition) is 4. The summed E-state index contributed by atoms with van der Waals surface area (Å²) in [6.45, 7) is 17.9. The Morgan fingerprint density at radius 3 is 2.24 bits per heavy atom. The predicted molar refractivity (Wildman–Crippen MR) is 88.8 cm³/mol. The Bertz CT molecular complexity index is 432. The highest BCUT2D eigenvalue weighted by Gasteiger charge is 2.37. The van der Waals surface area contributed by atoms with E-state index in [0.717, 1.165) is 11.8 Å². The zero-order valence-electron chi connectivity index (χ0n) is 15.0. The number of hydrogen-bond donors (Lipinski definition) is 0. The lowest BCUT2D eigenvalue weighted by molar-refractivity contribution is 0.213. The van der Waals surface area contributed by atoms with E-state index in [1.807, 2.05) is 13.8 Å². The van der Waals surface area contributed by atoms with Gasteiger partial charge in [-0.25, -0.2) is 0 Å². The molecule has 4 nitrogen and oxygen atoms in total. The molecule has 1 aromatic rings. The van der Waals surface area contributed by atoms with E-state index in [1.54, 1.807) is 0 Å². The third kappa shape index (κ3) is 4.64. The minimum absolute atomic E-state index is 0.208. The van der Waals surface area contributed by atoms with Crippen LogP contribution in [0.15, 0.2) is 4.42 Å². The highest BCUT2D eigenvalue weighted by atomic mass is 28.4. The van der Waals surface area contributed by atoms with Crippen molar-refractivity contribution in [1.29, 1.82) is 0 Å². The molecule has 0 amide bonds. The molecule has 0 N–H and O–H groups in total. The largest absolute Gasteiger partial charge is 0.423 e. The highest BCUT2D eigenvalue weighted by molar-refractivity contribution is 6.74. The molecular formula is C16H32N2O2Si. The van der Waals surface area contributed by atoms with Crippen LogP contribution in [0.25, 0.3) is 0 Å². The van der Waals surface area contributed by atoms with Crippen molar-refractivity contribution >= 4 is 8.32 Å². The topological polar surface area (TPSA) is 48.2 Å². The van der Waals surface area contributed by atoms with Crippen LogP contribution >= 0.6 is 0 Å². The Labute approximate surface area is 130 Å². The van der Waals surface area contributed by atoms with Crippen LogP contribution in [0.4, 0.5) is 0 Å². The standard InChI is InChI=1S/C14H26N2O2Si.C2H6/c1-10-7-11(8-10)13-16-15-12(18-13)9-17-19(5,6)14(2,3)4;1-2/h10-11H,7-9H2,1-6H3;1-2H3. The lowest BCUT2D eigenvalue weighted by atomic mass is 9.76. The third-order valence-electron chi connectivity index (χ3n) is 4.57. The second-order valence-corrected chi connectivity index (χ2v) is 12.2. The average molecular weight is 313 g/mol. The molecule has 0 radical (unpaired) electrons. The van der Waals surface area contributed by atoms with Crippen LogP contribution in [0, 0.1) is 5.92 Å². The zero-order chi connectivity index (χ0) is 16.3. The van der Waals surface area contributed by atoms with Crippen LogP contribution in [-0.2, 0) is 11.0 Å². The lowest BCUT2D eigenvalue weighted by Crippen LogP contribution is -2.40. The van der Waals surface area contributed by atoms with Crippen LogP contribution in [0.3, 0.4) is 0 Å². The fourth-order valence-electron chi connectivity index (χ4n) is 2.05. The summed E-state index contributed by atoms with van der Waals surface area (Å²) in [5.74, 6) is 2.69. The average Bonchev–Trinajstić information content (AvgIpc) is 2.82. The van der Waals surface area contributed by atoms with Gasteiger partial charge in [0.05, 0.1) is 0 Å². The highest BCUT2D eigenvalue weighted by Crippen LogP contribution is 2.40. The van der Waals surface area contributed by atoms with Gasteiger partial charge in [-0.2, -0.15) is 0 Å². The molecule has 0 aliphatic heterocycles. The Morgan fingerprint density at radius 1 is 1.19 bits per heavy atom. The number of rotatable bonds is 4. The monoisotopic (exact) mass is 312 g/mol. The van der Waals surface area contributed by atoms with E-state index in [4.69, 9.17) is 8.84 Å². The van der Waals surface area contributed by atoms with Crippen molar-refractivity contribution in [2.45, 2.75) is 85.0 Å². The van der Waals surface area contributed by atoms with Crippen molar-refractivity contribution in [2.75, 3.05) is 0 Å². The van der Waals surface area contributed by atoms with Gasteiger partial charge in [0.15, 0.2) is 8.32 Å². The first-order valence-electron chi connectivity index (χ1n) is 8.15. The maximum Gasteiger partial charge on any atom is 0.240 e. The zero-order valence-corrected chi connectivity index (χ0v) is 16.0. The molecule has 1 aliphatic carbocycles. The van der Waals surface area contributed by atoms with Gasteiger partial charge in [-0.3, -0.25) is 0 Å². The van der Waals surface area contributed by atoms with E-state index in [-0.39, 0.29) is 5.04 Å². The number of nitrogens with zero attached hydrogens (tertiary/aromatic N) is 2. The summed E-state index contributed by atoms with van der Waals surface area (Å²) in [4.78, 5) is 0. The van der Waals surface area contributed by atoms with Crippen molar-refractivity contribution in [1.82, 2.24) is 10.2 Å². The lowest BCUT2D eigenvalue weighted by Gasteiger charge is -2.35. The normalized spacial score (nSPS) is 22.3. The maximum absolute atomic E-state index is 6.09. The van der Waals surface area contributed by atoms with Gasteiger partial charge in [0.25, 0.3) is 0 Å². The van der Waals surface area contributed by atoms with Gasteiger partial charge >= 0.3 is 0 Å². The molecule has 1 saturated carbocycles. The molecule has 5 heteroatoms. The van der Waals surface area contributed by atoms with E-state index in [9.17, 15) is 0 Å². The van der Waals surface area contributed by atoms with Crippen LogP contribution < -0.4 is 0 Å². The smallest absolute Gasteiger partial charge is 0.240 e. The summed E-state index contributed by atoms with van der Waals surface area (Å²) in [6.07, 6.45) is 2.34. The third-order valence-corrected chi connectivity index (χ3v) is 9.05. The minimum atomic E-state index is -1.74. The summed E-state index contributed by atoms with van der Waals surface area (Å²) in [7, 11) is -1.74. The molecule has 1 fully saturated rings. The number of aromatic nitrogens is 2. The summed E-state index contributed by atoms with van der Waals surface area (Å²) >= 11 is 0. The molecule has 0 saturated heterocycles. The van der Waals surface area contributed by atoms with Crippen LogP contribution in [0.2, 0.25) is 18.1 Å². The van der Waals surface area contributed by atoms with Crippen molar-refractivity contribution in [3.8, 4) is 0 Å². The molecule has 0 unspecified atom stereocenters. The SMILES string of the molecule is CC.CC1CC(c2nnc(CO[Si](C)(C)C(C)(C)C)o2)C1. The van der Waals surface area contributed by atoms with Crippen molar-refractivity contribution in [3.63, 3.8) is 0 Å². The minimum Gasteiger partial charge on any atom is -0.423 e. The van der Waals surface area contributed by atoms with Gasteiger partial charge in [0, 0.05) is 5.92 Å². The Kier molecular flexibility index (Phi) is 6.17. The molecule has 1 heterocycles. The van der Waals surface area contributed by atoms with E-state index in [0.29, 0.717) is 18.4 Å². The van der Waals surface area contributed by atoms with Crippen molar-refractivity contribution in [2.24, 2.45) is 5.92 Å². The van der Waals surface area contributed by atoms with Crippen molar-refractivity contribution in [3.05, 3.63) is 11.8 Å². The van der Waals surface area contributed by atoms with Crippen LogP contribution in [0.1, 0.15) is 72.1 Å². The van der Waals surface area contributed by atoms with Crippen LogP contribution in [0.5, 0.6) is 0 Å². The van der Waals surface area contributed by atoms with Gasteiger partial charge in [0.2, 0.25) is 11.8 Å². The molecule has 0 bridgehead atoms. The first-order chi connectivity index (χ1) is 9.69. The molecule has 1 aromatic heterocycles. The molecule has 0 spiro atoms. The second kappa shape index (κ2) is 7.05. The Hall–Kier alpha value is -0.683. The molecule has 0 aromatic carbocycles. The van der Waals surface area contributed by atoms with Gasteiger partial charge in [0.1, 0.15) is 6.61 Å². The second-order valence-electron chi connectivity index (χ2n) is 7.36. The van der Waals surface area contributed by atoms with E-state index >= 15 is 0 Å². The van der Waals surface area contributed by atoms with Gasteiger partial charge in [-0.05, 0) is 36.9 Å². The molecular weight excluding hydrogens is 280 g/mol. The molecule has 122 valence electrons. The fraction of sp³-hybridized carbons (Fsp3) is 0.875. The van der Waals surface area contributed by atoms with Crippen LogP contribution in [-0.4, -0.2) is 18.5 Å². The summed E-state index contributed by atoms with van der Waals surface area (Å²) < 4.78 is 11.8. The fourth-order valence-corrected chi connectivity index (χ4v) is 2.97. The molecule has 0 atom stereocenters. The van der Waals surface area contributed by atoms with E-state index in [1.165, 1.54) is 12.8 Å². The predicted octanol–water partition coefficient (Wildman–Crippen LogP) is 5.13. The molecule has 1 aliphatic rings. The van der Waals surface area contributed by atoms with Gasteiger partial charge in [-0.15, -0.1) is 10.2 Å². The maximum atomic E-state index is 6.09. The summed E-state index contributed by atoms with van der Waals surface area (Å²) in [6, 6.07) is 0. The summed E-state index contributed by atoms with van der Waals surface area (Å²) in [5.41, 5.74) is 0.